The van der Waals surface area contributed by atoms with Crippen molar-refractivity contribution in [2.75, 3.05) is 37.6 Å². The van der Waals surface area contributed by atoms with E-state index < -0.39 is 0 Å². The van der Waals surface area contributed by atoms with Gasteiger partial charge in [-0.3, -0.25) is 9.69 Å². The topological polar surface area (TPSA) is 32.8 Å². The van der Waals surface area contributed by atoms with Crippen LogP contribution in [0, 0.1) is 17.3 Å². The molecule has 2 aliphatic carbocycles. The number of esters is 1. The van der Waals surface area contributed by atoms with Gasteiger partial charge in [-0.25, -0.2) is 0 Å². The van der Waals surface area contributed by atoms with Crippen LogP contribution in [0.15, 0.2) is 29.3 Å². The summed E-state index contributed by atoms with van der Waals surface area (Å²) in [5, 5.41) is 1.18. The molecule has 1 aromatic rings. The molecule has 2 aliphatic heterocycles. The van der Waals surface area contributed by atoms with E-state index in [1.807, 2.05) is 18.2 Å². The van der Waals surface area contributed by atoms with Crippen LogP contribution in [0.3, 0.4) is 0 Å². The highest BCUT2D eigenvalue weighted by molar-refractivity contribution is 6.42. The average molecular weight is 463 g/mol. The Morgan fingerprint density at radius 3 is 2.68 bits per heavy atom. The lowest BCUT2D eigenvalue weighted by Gasteiger charge is -2.46. The molecule has 1 saturated carbocycles. The molecule has 0 spiro atoms. The van der Waals surface area contributed by atoms with Gasteiger partial charge in [-0.05, 0) is 62.6 Å². The maximum atomic E-state index is 12.9. The van der Waals surface area contributed by atoms with Gasteiger partial charge in [0.1, 0.15) is 6.10 Å². The minimum Gasteiger partial charge on any atom is -0.462 e. The van der Waals surface area contributed by atoms with Gasteiger partial charge in [0.05, 0.1) is 16.0 Å². The number of halogens is 2. The molecule has 1 aromatic carbocycles. The lowest BCUT2D eigenvalue weighted by Crippen LogP contribution is -2.49. The molecule has 0 N–H and O–H groups in total. The van der Waals surface area contributed by atoms with Crippen LogP contribution >= 0.6 is 23.2 Å². The Morgan fingerprint density at radius 2 is 1.94 bits per heavy atom. The van der Waals surface area contributed by atoms with E-state index >= 15 is 0 Å². The summed E-state index contributed by atoms with van der Waals surface area (Å²) < 4.78 is 5.96. The average Bonchev–Trinajstić information content (AvgIpc) is 3.03. The van der Waals surface area contributed by atoms with Gasteiger partial charge in [0.25, 0.3) is 0 Å². The van der Waals surface area contributed by atoms with Crippen molar-refractivity contribution in [3.8, 4) is 0 Å². The van der Waals surface area contributed by atoms with Crippen LogP contribution in [-0.2, 0) is 9.53 Å². The summed E-state index contributed by atoms with van der Waals surface area (Å²) in [4.78, 5) is 17.6. The van der Waals surface area contributed by atoms with Crippen LogP contribution in [0.1, 0.15) is 46.0 Å². The molecule has 0 amide bonds. The number of hydrogen-bond donors (Lipinski definition) is 0. The number of fused-ring (bicyclic) bond motifs is 2. The Kier molecular flexibility index (Phi) is 5.77. The Bertz CT molecular complexity index is 909. The second-order valence-electron chi connectivity index (χ2n) is 10.2. The van der Waals surface area contributed by atoms with Crippen LogP contribution in [0.4, 0.5) is 5.69 Å². The van der Waals surface area contributed by atoms with Crippen LogP contribution in [0.5, 0.6) is 0 Å². The standard InChI is InChI=1S/C25H32Cl2N2O2/c1-16-4-3-7-25(2)14-23-18(13-20(16)25)19(24(30)31-23)15-28-8-10-29(11-9-28)17-5-6-21(26)22(27)12-17/h5-6,12,18-19,23H,3-4,7-11,13-15H2,1-2H3/t18-,19-,23+,25+/m0/s1. The fraction of sp³-hybridized carbons (Fsp3) is 0.640. The summed E-state index contributed by atoms with van der Waals surface area (Å²) in [6, 6.07) is 5.83. The number of allylic oxidation sites excluding steroid dienone is 2. The SMILES string of the molecule is CC1=C2C[C@H]3[C@H](CN4CCN(c5ccc(Cl)c(Cl)c5)CC4)C(=O)O[C@@H]3C[C@@]2(C)CCC1. The van der Waals surface area contributed by atoms with Crippen molar-refractivity contribution in [1.29, 1.82) is 0 Å². The van der Waals surface area contributed by atoms with Crippen molar-refractivity contribution in [1.82, 2.24) is 4.90 Å². The highest BCUT2D eigenvalue weighted by atomic mass is 35.5. The lowest BCUT2D eigenvalue weighted by atomic mass is 9.59. The Hall–Kier alpha value is -1.23. The van der Waals surface area contributed by atoms with Crippen molar-refractivity contribution >= 4 is 34.9 Å². The minimum atomic E-state index is 0.00769. The third-order valence-electron chi connectivity index (χ3n) is 8.28. The molecule has 4 nitrogen and oxygen atoms in total. The molecule has 2 heterocycles. The van der Waals surface area contributed by atoms with Gasteiger partial charge in [0.2, 0.25) is 0 Å². The number of carbonyl (C=O) groups excluding carboxylic acids is 1. The van der Waals surface area contributed by atoms with E-state index in [4.69, 9.17) is 27.9 Å². The van der Waals surface area contributed by atoms with Crippen molar-refractivity contribution in [2.45, 2.75) is 52.1 Å². The van der Waals surface area contributed by atoms with Gasteiger partial charge in [-0.1, -0.05) is 41.3 Å². The molecular weight excluding hydrogens is 431 g/mol. The molecule has 4 atom stereocenters. The van der Waals surface area contributed by atoms with Crippen molar-refractivity contribution < 1.29 is 9.53 Å². The molecule has 2 saturated heterocycles. The fourth-order valence-corrected chi connectivity index (χ4v) is 6.76. The first-order chi connectivity index (χ1) is 14.8. The van der Waals surface area contributed by atoms with E-state index in [-0.39, 0.29) is 23.4 Å². The molecule has 0 aromatic heterocycles. The van der Waals surface area contributed by atoms with Gasteiger partial charge in [0, 0.05) is 44.3 Å². The molecule has 6 heteroatoms. The molecule has 0 unspecified atom stereocenters. The Morgan fingerprint density at radius 1 is 1.16 bits per heavy atom. The normalized spacial score (nSPS) is 33.9. The van der Waals surface area contributed by atoms with Crippen molar-refractivity contribution in [3.63, 3.8) is 0 Å². The highest BCUT2D eigenvalue weighted by Crippen LogP contribution is 2.55. The zero-order valence-corrected chi connectivity index (χ0v) is 20.0. The fourth-order valence-electron chi connectivity index (χ4n) is 6.47. The molecule has 3 fully saturated rings. The number of carbonyl (C=O) groups is 1. The molecular formula is C25H32Cl2N2O2. The van der Waals surface area contributed by atoms with Gasteiger partial charge in [-0.15, -0.1) is 0 Å². The summed E-state index contributed by atoms with van der Waals surface area (Å²) in [6.45, 7) is 9.26. The number of hydrogen-bond acceptors (Lipinski definition) is 4. The smallest absolute Gasteiger partial charge is 0.310 e. The van der Waals surface area contributed by atoms with Crippen LogP contribution in [-0.4, -0.2) is 49.7 Å². The molecule has 0 bridgehead atoms. The number of anilines is 1. The zero-order chi connectivity index (χ0) is 21.8. The number of benzene rings is 1. The molecule has 4 aliphatic rings. The first-order valence-corrected chi connectivity index (χ1v) is 12.4. The van der Waals surface area contributed by atoms with Gasteiger partial charge < -0.3 is 9.64 Å². The van der Waals surface area contributed by atoms with E-state index in [1.165, 1.54) is 19.3 Å². The third kappa shape index (κ3) is 4.00. The molecule has 168 valence electrons. The molecule has 31 heavy (non-hydrogen) atoms. The van der Waals surface area contributed by atoms with Gasteiger partial charge in [0.15, 0.2) is 0 Å². The molecule has 0 radical (unpaired) electrons. The van der Waals surface area contributed by atoms with Crippen molar-refractivity contribution in [3.05, 3.63) is 39.4 Å². The first-order valence-electron chi connectivity index (χ1n) is 11.7. The summed E-state index contributed by atoms with van der Waals surface area (Å²) in [5.74, 6) is 0.382. The van der Waals surface area contributed by atoms with E-state index in [9.17, 15) is 4.79 Å². The lowest BCUT2D eigenvalue weighted by molar-refractivity contribution is -0.145. The monoisotopic (exact) mass is 462 g/mol. The minimum absolute atomic E-state index is 0.00769. The number of piperazine rings is 1. The van der Waals surface area contributed by atoms with Crippen LogP contribution in [0.2, 0.25) is 10.0 Å². The summed E-state index contributed by atoms with van der Waals surface area (Å²) in [5.41, 5.74) is 4.55. The summed E-state index contributed by atoms with van der Waals surface area (Å²) >= 11 is 12.3. The maximum Gasteiger partial charge on any atom is 0.310 e. The Balaban J connectivity index is 1.24. The summed E-state index contributed by atoms with van der Waals surface area (Å²) in [6.07, 6.45) is 5.89. The van der Waals surface area contributed by atoms with E-state index in [1.54, 1.807) is 11.1 Å². The Labute approximate surface area is 195 Å². The highest BCUT2D eigenvalue weighted by Gasteiger charge is 2.53. The first kappa shape index (κ1) is 21.6. The predicted octanol–water partition coefficient (Wildman–Crippen LogP) is 5.57. The van der Waals surface area contributed by atoms with E-state index in [2.05, 4.69) is 23.6 Å². The van der Waals surface area contributed by atoms with Gasteiger partial charge >= 0.3 is 5.97 Å². The number of rotatable bonds is 3. The molecule has 5 rings (SSSR count). The van der Waals surface area contributed by atoms with E-state index in [0.29, 0.717) is 16.0 Å². The van der Waals surface area contributed by atoms with E-state index in [0.717, 1.165) is 51.3 Å². The second-order valence-corrected chi connectivity index (χ2v) is 11.0. The maximum absolute atomic E-state index is 12.9. The predicted molar refractivity (Wildman–Crippen MR) is 126 cm³/mol. The summed E-state index contributed by atoms with van der Waals surface area (Å²) in [7, 11) is 0. The van der Waals surface area contributed by atoms with Crippen LogP contribution in [0.25, 0.3) is 0 Å². The zero-order valence-electron chi connectivity index (χ0n) is 18.5. The van der Waals surface area contributed by atoms with Gasteiger partial charge in [-0.2, -0.15) is 0 Å². The number of nitrogens with zero attached hydrogens (tertiary/aromatic N) is 2. The number of ether oxygens (including phenoxy) is 1. The van der Waals surface area contributed by atoms with Crippen molar-refractivity contribution in [2.24, 2.45) is 17.3 Å². The quantitative estimate of drug-likeness (QED) is 0.433. The van der Waals surface area contributed by atoms with Crippen LogP contribution < -0.4 is 4.90 Å². The third-order valence-corrected chi connectivity index (χ3v) is 9.01. The second kappa shape index (κ2) is 8.28. The largest absolute Gasteiger partial charge is 0.462 e.